The summed E-state index contributed by atoms with van der Waals surface area (Å²) in [6.07, 6.45) is -0.308. The third-order valence-electron chi connectivity index (χ3n) is 2.29. The zero-order valence-electron chi connectivity index (χ0n) is 10.5. The van der Waals surface area contributed by atoms with Crippen LogP contribution in [0.2, 0.25) is 0 Å². The van der Waals surface area contributed by atoms with Crippen molar-refractivity contribution in [2.45, 2.75) is 58.9 Å². The second-order valence-electron chi connectivity index (χ2n) is 5.46. The molecule has 88 valence electrons. The summed E-state index contributed by atoms with van der Waals surface area (Å²) in [6, 6.07) is 0.0647. The van der Waals surface area contributed by atoms with E-state index < -0.39 is 11.3 Å². The molecule has 0 saturated carbocycles. The van der Waals surface area contributed by atoms with E-state index in [-0.39, 0.29) is 12.1 Å². The highest BCUT2D eigenvalue weighted by molar-refractivity contribution is 5.69. The number of ether oxygens (including phenoxy) is 2. The molecule has 0 aromatic heterocycles. The van der Waals surface area contributed by atoms with Crippen molar-refractivity contribution in [3.63, 3.8) is 0 Å². The van der Waals surface area contributed by atoms with Crippen molar-refractivity contribution in [1.82, 2.24) is 4.90 Å². The zero-order valence-corrected chi connectivity index (χ0v) is 10.5. The molecule has 0 unspecified atom stereocenters. The van der Waals surface area contributed by atoms with Gasteiger partial charge < -0.3 is 9.47 Å². The van der Waals surface area contributed by atoms with Crippen molar-refractivity contribution in [3.8, 4) is 0 Å². The number of carbonyl (C=O) groups is 1. The maximum Gasteiger partial charge on any atom is 0.412 e. The molecule has 1 amide bonds. The topological polar surface area (TPSA) is 38.8 Å². The van der Waals surface area contributed by atoms with Gasteiger partial charge in [-0.2, -0.15) is 0 Å². The molecule has 1 atom stereocenters. The summed E-state index contributed by atoms with van der Waals surface area (Å²) in [5.74, 6) is 0. The van der Waals surface area contributed by atoms with E-state index in [4.69, 9.17) is 9.47 Å². The average Bonchev–Trinajstić information content (AvgIpc) is 2.21. The van der Waals surface area contributed by atoms with E-state index in [9.17, 15) is 4.79 Å². The van der Waals surface area contributed by atoms with Gasteiger partial charge in [-0.25, -0.2) is 4.79 Å². The van der Waals surface area contributed by atoms with Crippen molar-refractivity contribution in [3.05, 3.63) is 0 Å². The highest BCUT2D eigenvalue weighted by atomic mass is 16.6. The van der Waals surface area contributed by atoms with Gasteiger partial charge in [0.1, 0.15) is 11.3 Å². The van der Waals surface area contributed by atoms with Crippen LogP contribution in [0.25, 0.3) is 0 Å². The summed E-state index contributed by atoms with van der Waals surface area (Å²) in [4.78, 5) is 13.6. The van der Waals surface area contributed by atoms with Gasteiger partial charge in [-0.05, 0) is 41.5 Å². The summed E-state index contributed by atoms with van der Waals surface area (Å²) < 4.78 is 10.9. The Hall–Kier alpha value is -0.770. The Morgan fingerprint density at radius 2 is 2.00 bits per heavy atom. The van der Waals surface area contributed by atoms with Crippen LogP contribution >= 0.6 is 0 Å². The van der Waals surface area contributed by atoms with Crippen molar-refractivity contribution >= 4 is 6.09 Å². The van der Waals surface area contributed by atoms with Crippen LogP contribution in [-0.4, -0.2) is 35.0 Å². The quantitative estimate of drug-likeness (QED) is 0.622. The molecule has 1 fully saturated rings. The fourth-order valence-electron chi connectivity index (χ4n) is 1.71. The lowest BCUT2D eigenvalue weighted by Gasteiger charge is -2.34. The molecule has 4 heteroatoms. The maximum atomic E-state index is 11.9. The predicted octanol–water partition coefficient (Wildman–Crippen LogP) is 2.38. The summed E-state index contributed by atoms with van der Waals surface area (Å²) >= 11 is 0. The van der Waals surface area contributed by atoms with E-state index >= 15 is 0 Å². The van der Waals surface area contributed by atoms with Gasteiger partial charge in [-0.15, -0.1) is 0 Å². The van der Waals surface area contributed by atoms with Crippen LogP contribution in [0, 0.1) is 0 Å². The third-order valence-corrected chi connectivity index (χ3v) is 2.29. The molecule has 15 heavy (non-hydrogen) atoms. The van der Waals surface area contributed by atoms with E-state index in [0.29, 0.717) is 6.61 Å². The number of rotatable bonds is 0. The van der Waals surface area contributed by atoms with E-state index in [1.807, 2.05) is 41.5 Å². The van der Waals surface area contributed by atoms with E-state index in [1.54, 1.807) is 4.90 Å². The average molecular weight is 215 g/mol. The molecule has 0 radical (unpaired) electrons. The highest BCUT2D eigenvalue weighted by Crippen LogP contribution is 2.28. The Labute approximate surface area is 91.5 Å². The molecular formula is C11H21NO3. The van der Waals surface area contributed by atoms with Gasteiger partial charge in [0.05, 0.1) is 12.6 Å². The van der Waals surface area contributed by atoms with Crippen LogP contribution in [0.3, 0.4) is 0 Å². The molecular weight excluding hydrogens is 194 g/mol. The molecule has 0 N–H and O–H groups in total. The Kier molecular flexibility index (Phi) is 3.01. The SMILES string of the molecule is C[C@H]1COC(C)(C)N1C(=O)OC(C)(C)C. The summed E-state index contributed by atoms with van der Waals surface area (Å²) in [5, 5.41) is 0. The van der Waals surface area contributed by atoms with Gasteiger partial charge in [-0.3, -0.25) is 4.90 Å². The molecule has 0 bridgehead atoms. The largest absolute Gasteiger partial charge is 0.444 e. The zero-order chi connectivity index (χ0) is 11.9. The van der Waals surface area contributed by atoms with Gasteiger partial charge in [0.25, 0.3) is 0 Å². The van der Waals surface area contributed by atoms with Crippen molar-refractivity contribution in [2.75, 3.05) is 6.61 Å². The number of hydrogen-bond acceptors (Lipinski definition) is 3. The second-order valence-corrected chi connectivity index (χ2v) is 5.46. The first-order valence-corrected chi connectivity index (χ1v) is 5.30. The van der Waals surface area contributed by atoms with Gasteiger partial charge in [-0.1, -0.05) is 0 Å². The van der Waals surface area contributed by atoms with E-state index in [0.717, 1.165) is 0 Å². The molecule has 1 heterocycles. The third kappa shape index (κ3) is 2.84. The lowest BCUT2D eigenvalue weighted by molar-refractivity contribution is -0.0618. The minimum Gasteiger partial charge on any atom is -0.444 e. The standard InChI is InChI=1S/C11H21NO3/c1-8-7-14-11(5,6)12(8)9(13)15-10(2,3)4/h8H,7H2,1-6H3/t8-/m0/s1. The fourth-order valence-corrected chi connectivity index (χ4v) is 1.71. The van der Waals surface area contributed by atoms with Crippen LogP contribution < -0.4 is 0 Å². The van der Waals surface area contributed by atoms with Crippen molar-refractivity contribution < 1.29 is 14.3 Å². The molecule has 4 nitrogen and oxygen atoms in total. The first-order chi connectivity index (χ1) is 6.63. The number of carbonyl (C=O) groups excluding carboxylic acids is 1. The van der Waals surface area contributed by atoms with Crippen molar-refractivity contribution in [1.29, 1.82) is 0 Å². The van der Waals surface area contributed by atoms with Gasteiger partial charge >= 0.3 is 6.09 Å². The minimum absolute atomic E-state index is 0.0647. The summed E-state index contributed by atoms with van der Waals surface area (Å²) in [5.41, 5.74) is -1.03. The minimum atomic E-state index is -0.568. The number of nitrogens with zero attached hydrogens (tertiary/aromatic N) is 1. The molecule has 1 rings (SSSR count). The Balaban J connectivity index is 2.74. The number of hydrogen-bond donors (Lipinski definition) is 0. The van der Waals surface area contributed by atoms with Crippen molar-refractivity contribution in [2.24, 2.45) is 0 Å². The molecule has 1 aliphatic heterocycles. The van der Waals surface area contributed by atoms with Crippen LogP contribution in [0.4, 0.5) is 4.79 Å². The number of amides is 1. The normalized spacial score (nSPS) is 25.5. The van der Waals surface area contributed by atoms with Crippen LogP contribution in [0.1, 0.15) is 41.5 Å². The van der Waals surface area contributed by atoms with E-state index in [2.05, 4.69) is 0 Å². The molecule has 0 aromatic carbocycles. The first kappa shape index (κ1) is 12.3. The second kappa shape index (κ2) is 3.67. The Morgan fingerprint density at radius 3 is 2.33 bits per heavy atom. The van der Waals surface area contributed by atoms with Crippen LogP contribution in [0.15, 0.2) is 0 Å². The highest BCUT2D eigenvalue weighted by Gasteiger charge is 2.43. The molecule has 0 aliphatic carbocycles. The fraction of sp³-hybridized carbons (Fsp3) is 0.909. The Bertz CT molecular complexity index is 255. The van der Waals surface area contributed by atoms with Gasteiger partial charge in [0.15, 0.2) is 0 Å². The van der Waals surface area contributed by atoms with Crippen LogP contribution in [-0.2, 0) is 9.47 Å². The molecule has 0 spiro atoms. The van der Waals surface area contributed by atoms with Crippen LogP contribution in [0.5, 0.6) is 0 Å². The monoisotopic (exact) mass is 215 g/mol. The maximum absolute atomic E-state index is 11.9. The van der Waals surface area contributed by atoms with Gasteiger partial charge in [0, 0.05) is 0 Å². The van der Waals surface area contributed by atoms with Gasteiger partial charge in [0.2, 0.25) is 0 Å². The molecule has 1 aliphatic rings. The predicted molar refractivity (Wildman–Crippen MR) is 57.6 cm³/mol. The van der Waals surface area contributed by atoms with E-state index in [1.165, 1.54) is 0 Å². The summed E-state index contributed by atoms with van der Waals surface area (Å²) in [6.45, 7) is 11.9. The molecule has 1 saturated heterocycles. The lowest BCUT2D eigenvalue weighted by atomic mass is 10.2. The lowest BCUT2D eigenvalue weighted by Crippen LogP contribution is -2.48. The summed E-state index contributed by atoms with van der Waals surface area (Å²) in [7, 11) is 0. The first-order valence-electron chi connectivity index (χ1n) is 5.30. The molecule has 0 aromatic rings. The smallest absolute Gasteiger partial charge is 0.412 e. The Morgan fingerprint density at radius 1 is 1.47 bits per heavy atom.